The predicted octanol–water partition coefficient (Wildman–Crippen LogP) is 3.16. The first kappa shape index (κ1) is 15.9. The van der Waals surface area contributed by atoms with Crippen LogP contribution in [0.5, 0.6) is 0 Å². The van der Waals surface area contributed by atoms with Crippen molar-refractivity contribution in [3.8, 4) is 0 Å². The van der Waals surface area contributed by atoms with Crippen molar-refractivity contribution in [1.82, 2.24) is 5.32 Å². The molecule has 6 nitrogen and oxygen atoms in total. The fourth-order valence-electron chi connectivity index (χ4n) is 2.60. The summed E-state index contributed by atoms with van der Waals surface area (Å²) in [5.74, 6) is 0. The number of fused-ring (bicyclic) bond motifs is 2. The van der Waals surface area contributed by atoms with Crippen LogP contribution < -0.4 is 16.0 Å². The Hall–Kier alpha value is -3.02. The average Bonchev–Trinajstić information content (AvgIpc) is 2.89. The first-order chi connectivity index (χ1) is 11.7. The Morgan fingerprint density at radius 1 is 0.792 bits per heavy atom. The molecule has 124 valence electrons. The zero-order valence-electron chi connectivity index (χ0n) is 13.2. The SMILES string of the molecule is O=C1NCCc2ccccc2N1.O=C1Nc2ccccc2CCO1. The van der Waals surface area contributed by atoms with Crippen molar-refractivity contribution in [2.45, 2.75) is 12.8 Å². The van der Waals surface area contributed by atoms with Gasteiger partial charge in [0.2, 0.25) is 0 Å². The first-order valence-corrected chi connectivity index (χ1v) is 7.87. The van der Waals surface area contributed by atoms with Gasteiger partial charge in [-0.1, -0.05) is 36.4 Å². The standard InChI is InChI=1S/C9H10N2O.C9H9NO2/c12-9-10-6-5-7-3-1-2-4-8(7)11-9;11-9-10-8-4-2-1-3-7(8)5-6-12-9/h1-4H,5-6H2,(H2,10,11,12);1-4H,5-6H2,(H,10,11). The molecule has 0 saturated carbocycles. The van der Waals surface area contributed by atoms with Crippen LogP contribution in [0.2, 0.25) is 0 Å². The summed E-state index contributed by atoms with van der Waals surface area (Å²) < 4.78 is 4.84. The summed E-state index contributed by atoms with van der Waals surface area (Å²) >= 11 is 0. The van der Waals surface area contributed by atoms with Crippen molar-refractivity contribution >= 4 is 23.5 Å². The molecule has 0 aromatic heterocycles. The van der Waals surface area contributed by atoms with Gasteiger partial charge in [0.05, 0.1) is 6.61 Å². The molecular formula is C18H19N3O3. The molecule has 2 aliphatic rings. The Bertz CT molecular complexity index is 682. The number of urea groups is 1. The van der Waals surface area contributed by atoms with Gasteiger partial charge in [-0.25, -0.2) is 9.59 Å². The lowest BCUT2D eigenvalue weighted by atomic mass is 10.1. The molecule has 3 amide bonds. The Morgan fingerprint density at radius 2 is 1.42 bits per heavy atom. The van der Waals surface area contributed by atoms with Crippen LogP contribution in [0.4, 0.5) is 21.0 Å². The molecule has 0 saturated heterocycles. The molecular weight excluding hydrogens is 306 g/mol. The number of nitrogens with one attached hydrogen (secondary N) is 3. The molecule has 0 bridgehead atoms. The fourth-order valence-corrected chi connectivity index (χ4v) is 2.60. The van der Waals surface area contributed by atoms with Crippen molar-refractivity contribution in [1.29, 1.82) is 0 Å². The largest absolute Gasteiger partial charge is 0.449 e. The molecule has 3 N–H and O–H groups in total. The van der Waals surface area contributed by atoms with E-state index in [0.29, 0.717) is 13.2 Å². The van der Waals surface area contributed by atoms with Gasteiger partial charge in [-0.05, 0) is 29.7 Å². The number of hydrogen-bond acceptors (Lipinski definition) is 3. The quantitative estimate of drug-likeness (QED) is 0.696. The topological polar surface area (TPSA) is 79.5 Å². The van der Waals surface area contributed by atoms with Crippen LogP contribution in [0.1, 0.15) is 11.1 Å². The molecule has 0 spiro atoms. The number of para-hydroxylation sites is 2. The van der Waals surface area contributed by atoms with Gasteiger partial charge in [-0.2, -0.15) is 0 Å². The Morgan fingerprint density at radius 3 is 2.17 bits per heavy atom. The van der Waals surface area contributed by atoms with Gasteiger partial charge < -0.3 is 15.4 Å². The third-order valence-electron chi connectivity index (χ3n) is 3.80. The number of rotatable bonds is 0. The number of carbonyl (C=O) groups excluding carboxylic acids is 2. The zero-order valence-corrected chi connectivity index (χ0v) is 13.2. The average molecular weight is 325 g/mol. The zero-order chi connectivity index (χ0) is 16.8. The molecule has 6 heteroatoms. The summed E-state index contributed by atoms with van der Waals surface area (Å²) in [6.45, 7) is 1.17. The summed E-state index contributed by atoms with van der Waals surface area (Å²) in [5.41, 5.74) is 4.10. The van der Waals surface area contributed by atoms with Gasteiger partial charge in [-0.3, -0.25) is 5.32 Å². The Labute approximate surface area is 140 Å². The van der Waals surface area contributed by atoms with Crippen LogP contribution in [0.25, 0.3) is 0 Å². The number of hydrogen-bond donors (Lipinski definition) is 3. The minimum Gasteiger partial charge on any atom is -0.449 e. The van der Waals surface area contributed by atoms with Crippen molar-refractivity contribution in [3.05, 3.63) is 59.7 Å². The van der Waals surface area contributed by atoms with Gasteiger partial charge >= 0.3 is 12.1 Å². The van der Waals surface area contributed by atoms with E-state index in [9.17, 15) is 9.59 Å². The van der Waals surface area contributed by atoms with Crippen LogP contribution in [-0.2, 0) is 17.6 Å². The normalized spacial score (nSPS) is 15.5. The molecule has 0 unspecified atom stereocenters. The summed E-state index contributed by atoms with van der Waals surface area (Å²) in [6, 6.07) is 15.5. The molecule has 0 fully saturated rings. The summed E-state index contributed by atoms with van der Waals surface area (Å²) in [4.78, 5) is 21.9. The molecule has 2 aliphatic heterocycles. The van der Waals surface area contributed by atoms with Crippen LogP contribution in [0, 0.1) is 0 Å². The van der Waals surface area contributed by atoms with Crippen LogP contribution in [0.3, 0.4) is 0 Å². The Kier molecular flexibility index (Phi) is 4.96. The van der Waals surface area contributed by atoms with E-state index < -0.39 is 0 Å². The van der Waals surface area contributed by atoms with Gasteiger partial charge in [0, 0.05) is 24.3 Å². The fraction of sp³-hybridized carbons (Fsp3) is 0.222. The van der Waals surface area contributed by atoms with Crippen molar-refractivity contribution in [2.24, 2.45) is 0 Å². The lowest BCUT2D eigenvalue weighted by molar-refractivity contribution is 0.165. The van der Waals surface area contributed by atoms with E-state index in [-0.39, 0.29) is 12.1 Å². The number of amides is 3. The maximum absolute atomic E-state index is 11.0. The third kappa shape index (κ3) is 4.04. The number of benzene rings is 2. The maximum Gasteiger partial charge on any atom is 0.411 e. The van der Waals surface area contributed by atoms with Gasteiger partial charge in [0.1, 0.15) is 0 Å². The molecule has 24 heavy (non-hydrogen) atoms. The molecule has 0 radical (unpaired) electrons. The molecule has 0 atom stereocenters. The highest BCUT2D eigenvalue weighted by Crippen LogP contribution is 2.18. The second kappa shape index (κ2) is 7.50. The van der Waals surface area contributed by atoms with Gasteiger partial charge in [0.25, 0.3) is 0 Å². The smallest absolute Gasteiger partial charge is 0.411 e. The second-order valence-electron chi connectivity index (χ2n) is 5.46. The monoisotopic (exact) mass is 325 g/mol. The summed E-state index contributed by atoms with van der Waals surface area (Å²) in [7, 11) is 0. The van der Waals surface area contributed by atoms with Crippen molar-refractivity contribution in [2.75, 3.05) is 23.8 Å². The molecule has 0 aliphatic carbocycles. The maximum atomic E-state index is 11.0. The first-order valence-electron chi connectivity index (χ1n) is 7.87. The summed E-state index contributed by atoms with van der Waals surface area (Å²) in [6.07, 6.45) is 1.32. The van der Waals surface area contributed by atoms with Crippen LogP contribution in [0.15, 0.2) is 48.5 Å². The van der Waals surface area contributed by atoms with E-state index in [4.69, 9.17) is 4.74 Å². The van der Waals surface area contributed by atoms with E-state index in [1.807, 2.05) is 48.5 Å². The second-order valence-corrected chi connectivity index (χ2v) is 5.46. The van der Waals surface area contributed by atoms with E-state index in [2.05, 4.69) is 16.0 Å². The number of ether oxygens (including phenoxy) is 1. The van der Waals surface area contributed by atoms with E-state index in [1.165, 1.54) is 5.56 Å². The highest BCUT2D eigenvalue weighted by molar-refractivity contribution is 5.90. The van der Waals surface area contributed by atoms with Gasteiger partial charge in [-0.15, -0.1) is 0 Å². The van der Waals surface area contributed by atoms with Gasteiger partial charge in [0.15, 0.2) is 0 Å². The molecule has 4 rings (SSSR count). The van der Waals surface area contributed by atoms with Crippen LogP contribution in [-0.4, -0.2) is 25.3 Å². The lowest BCUT2D eigenvalue weighted by Crippen LogP contribution is -2.27. The number of carbonyl (C=O) groups is 2. The number of anilines is 2. The number of cyclic esters (lactones) is 1. The Balaban J connectivity index is 0.000000141. The van der Waals surface area contributed by atoms with E-state index in [1.54, 1.807) is 0 Å². The highest BCUT2D eigenvalue weighted by atomic mass is 16.5. The minimum atomic E-state index is -0.361. The van der Waals surface area contributed by atoms with Crippen molar-refractivity contribution < 1.29 is 14.3 Å². The lowest BCUT2D eigenvalue weighted by Gasteiger charge is -2.03. The third-order valence-corrected chi connectivity index (χ3v) is 3.80. The van der Waals surface area contributed by atoms with Crippen LogP contribution >= 0.6 is 0 Å². The van der Waals surface area contributed by atoms with Crippen molar-refractivity contribution in [3.63, 3.8) is 0 Å². The summed E-state index contributed by atoms with van der Waals surface area (Å²) in [5, 5.41) is 8.17. The highest BCUT2D eigenvalue weighted by Gasteiger charge is 2.11. The molecule has 2 heterocycles. The van der Waals surface area contributed by atoms with E-state index >= 15 is 0 Å². The van der Waals surface area contributed by atoms with E-state index in [0.717, 1.165) is 29.8 Å². The predicted molar refractivity (Wildman–Crippen MR) is 92.3 cm³/mol. The molecule has 2 aromatic carbocycles. The minimum absolute atomic E-state index is 0.111. The molecule has 2 aromatic rings.